The van der Waals surface area contributed by atoms with Crippen LogP contribution in [-0.4, -0.2) is 8.07 Å². The Bertz CT molecular complexity index is 474. The molecule has 0 aromatic heterocycles. The third-order valence-corrected chi connectivity index (χ3v) is 6.30. The molecule has 0 saturated carbocycles. The normalized spacial score (nSPS) is 11.5. The summed E-state index contributed by atoms with van der Waals surface area (Å²) in [5.41, 5.74) is 1.23. The predicted octanol–water partition coefficient (Wildman–Crippen LogP) is 3.52. The maximum atomic E-state index is 12.9. The number of hydrogen-bond donors (Lipinski definition) is 0. The molecule has 0 heterocycles. The van der Waals surface area contributed by atoms with E-state index < -0.39 is 8.07 Å². The molecule has 2 aromatic carbocycles. The van der Waals surface area contributed by atoms with Crippen LogP contribution >= 0.6 is 0 Å². The van der Waals surface area contributed by atoms with Crippen LogP contribution in [0.3, 0.4) is 0 Å². The summed E-state index contributed by atoms with van der Waals surface area (Å²) < 4.78 is 12.9. The lowest BCUT2D eigenvalue weighted by Crippen LogP contribution is -2.43. The monoisotopic (exact) mass is 244 g/mol. The lowest BCUT2D eigenvalue weighted by molar-refractivity contribution is 0.627. The second-order valence-electron chi connectivity index (χ2n) is 5.05. The molecule has 0 N–H and O–H groups in total. The van der Waals surface area contributed by atoms with E-state index in [0.29, 0.717) is 0 Å². The summed E-state index contributed by atoms with van der Waals surface area (Å²) in [6.07, 6.45) is 0. The Kier molecular flexibility index (Phi) is 3.43. The van der Waals surface area contributed by atoms with Crippen LogP contribution in [0.15, 0.2) is 54.6 Å². The molecule has 0 aliphatic carbocycles. The van der Waals surface area contributed by atoms with Crippen LogP contribution in [0.25, 0.3) is 0 Å². The Labute approximate surface area is 103 Å². The van der Waals surface area contributed by atoms with Crippen LogP contribution in [0.5, 0.6) is 0 Å². The third kappa shape index (κ3) is 3.04. The van der Waals surface area contributed by atoms with E-state index in [0.717, 1.165) is 6.04 Å². The van der Waals surface area contributed by atoms with Crippen LogP contribution in [0.2, 0.25) is 13.1 Å². The van der Waals surface area contributed by atoms with Gasteiger partial charge in [-0.1, -0.05) is 66.3 Å². The van der Waals surface area contributed by atoms with Crippen molar-refractivity contribution in [2.45, 2.75) is 19.1 Å². The first-order chi connectivity index (χ1) is 8.08. The smallest absolute Gasteiger partial charge is 0.123 e. The van der Waals surface area contributed by atoms with Gasteiger partial charge in [0.15, 0.2) is 0 Å². The van der Waals surface area contributed by atoms with E-state index in [-0.39, 0.29) is 5.82 Å². The van der Waals surface area contributed by atoms with E-state index in [9.17, 15) is 4.39 Å². The molecular formula is C15H17FSi. The van der Waals surface area contributed by atoms with Crippen LogP contribution in [-0.2, 0) is 6.04 Å². The zero-order valence-electron chi connectivity index (χ0n) is 10.3. The fraction of sp³-hybridized carbons (Fsp3) is 0.200. The van der Waals surface area contributed by atoms with Crippen molar-refractivity contribution in [1.29, 1.82) is 0 Å². The Hall–Kier alpha value is -1.41. The van der Waals surface area contributed by atoms with Crippen molar-refractivity contribution in [2.75, 3.05) is 0 Å². The van der Waals surface area contributed by atoms with E-state index >= 15 is 0 Å². The van der Waals surface area contributed by atoms with E-state index in [1.165, 1.54) is 10.8 Å². The van der Waals surface area contributed by atoms with Crippen molar-refractivity contribution in [1.82, 2.24) is 0 Å². The highest BCUT2D eigenvalue weighted by molar-refractivity contribution is 6.89. The average Bonchev–Trinajstić information content (AvgIpc) is 2.33. The van der Waals surface area contributed by atoms with E-state index in [1.807, 2.05) is 18.2 Å². The van der Waals surface area contributed by atoms with Gasteiger partial charge in [0.05, 0.1) is 8.07 Å². The van der Waals surface area contributed by atoms with E-state index in [1.54, 1.807) is 12.1 Å². The average molecular weight is 244 g/mol. The van der Waals surface area contributed by atoms with Gasteiger partial charge in [-0.05, 0) is 18.2 Å². The molecule has 2 heteroatoms. The van der Waals surface area contributed by atoms with Crippen LogP contribution in [0.4, 0.5) is 4.39 Å². The Morgan fingerprint density at radius 3 is 2.06 bits per heavy atom. The van der Waals surface area contributed by atoms with E-state index in [2.05, 4.69) is 37.4 Å². The zero-order chi connectivity index (χ0) is 12.3. The van der Waals surface area contributed by atoms with Crippen molar-refractivity contribution in [3.8, 4) is 0 Å². The van der Waals surface area contributed by atoms with Gasteiger partial charge in [0.2, 0.25) is 0 Å². The highest BCUT2D eigenvalue weighted by Gasteiger charge is 2.23. The van der Waals surface area contributed by atoms with Gasteiger partial charge in [-0.2, -0.15) is 0 Å². The van der Waals surface area contributed by atoms with Crippen molar-refractivity contribution < 1.29 is 4.39 Å². The maximum Gasteiger partial charge on any atom is 0.123 e. The lowest BCUT2D eigenvalue weighted by Gasteiger charge is -2.23. The third-order valence-electron chi connectivity index (χ3n) is 3.11. The van der Waals surface area contributed by atoms with E-state index in [4.69, 9.17) is 0 Å². The molecule has 0 nitrogen and oxygen atoms in total. The largest absolute Gasteiger partial charge is 0.207 e. The minimum absolute atomic E-state index is 0.159. The molecule has 0 saturated heterocycles. The predicted molar refractivity (Wildman–Crippen MR) is 73.7 cm³/mol. The standard InChI is InChI=1S/C15H17FSi/c1-17(2,15-6-4-3-5-7-15)12-13-8-10-14(16)11-9-13/h3-11H,12H2,1-2H3. The molecule has 0 amide bonds. The van der Waals surface area contributed by atoms with Gasteiger partial charge in [-0.25, -0.2) is 4.39 Å². The fourth-order valence-corrected chi connectivity index (χ4v) is 4.66. The fourth-order valence-electron chi connectivity index (χ4n) is 2.10. The molecule has 0 aliphatic rings. The quantitative estimate of drug-likeness (QED) is 0.725. The Balaban J connectivity index is 2.20. The highest BCUT2D eigenvalue weighted by Crippen LogP contribution is 2.13. The number of hydrogen-bond acceptors (Lipinski definition) is 0. The molecule has 0 spiro atoms. The highest BCUT2D eigenvalue weighted by atomic mass is 28.3. The first kappa shape index (κ1) is 12.1. The Morgan fingerprint density at radius 2 is 1.47 bits per heavy atom. The minimum Gasteiger partial charge on any atom is -0.207 e. The molecule has 0 unspecified atom stereocenters. The lowest BCUT2D eigenvalue weighted by atomic mass is 10.2. The summed E-state index contributed by atoms with van der Waals surface area (Å²) in [4.78, 5) is 0. The second kappa shape index (κ2) is 4.84. The summed E-state index contributed by atoms with van der Waals surface area (Å²) in [7, 11) is -1.46. The van der Waals surface area contributed by atoms with Gasteiger partial charge >= 0.3 is 0 Å². The van der Waals surface area contributed by atoms with Gasteiger partial charge in [0, 0.05) is 0 Å². The summed E-state index contributed by atoms with van der Waals surface area (Å²) >= 11 is 0. The number of halogens is 1. The summed E-state index contributed by atoms with van der Waals surface area (Å²) in [5, 5.41) is 1.45. The topological polar surface area (TPSA) is 0 Å². The molecular weight excluding hydrogens is 227 g/mol. The molecule has 88 valence electrons. The first-order valence-corrected chi connectivity index (χ1v) is 9.09. The van der Waals surface area contributed by atoms with Crippen molar-refractivity contribution in [3.63, 3.8) is 0 Å². The molecule has 0 bridgehead atoms. The van der Waals surface area contributed by atoms with Gasteiger partial charge in [-0.15, -0.1) is 0 Å². The van der Waals surface area contributed by atoms with Gasteiger partial charge in [-0.3, -0.25) is 0 Å². The minimum atomic E-state index is -1.46. The molecule has 0 atom stereocenters. The Morgan fingerprint density at radius 1 is 0.882 bits per heavy atom. The van der Waals surface area contributed by atoms with Gasteiger partial charge in [0.1, 0.15) is 5.82 Å². The summed E-state index contributed by atoms with van der Waals surface area (Å²) in [6, 6.07) is 18.6. The van der Waals surface area contributed by atoms with Crippen LogP contribution in [0, 0.1) is 5.82 Å². The molecule has 2 aromatic rings. The number of rotatable bonds is 3. The van der Waals surface area contributed by atoms with Crippen molar-refractivity contribution >= 4 is 13.3 Å². The van der Waals surface area contributed by atoms with Crippen LogP contribution < -0.4 is 5.19 Å². The maximum absolute atomic E-state index is 12.9. The van der Waals surface area contributed by atoms with Crippen molar-refractivity contribution in [2.24, 2.45) is 0 Å². The molecule has 17 heavy (non-hydrogen) atoms. The molecule has 0 fully saturated rings. The second-order valence-corrected chi connectivity index (χ2v) is 9.75. The summed E-state index contributed by atoms with van der Waals surface area (Å²) in [6.45, 7) is 4.71. The SMILES string of the molecule is C[Si](C)(Cc1ccc(F)cc1)c1ccccc1. The van der Waals surface area contributed by atoms with Gasteiger partial charge < -0.3 is 0 Å². The zero-order valence-corrected chi connectivity index (χ0v) is 11.3. The molecule has 0 aliphatic heterocycles. The van der Waals surface area contributed by atoms with Crippen molar-refractivity contribution in [3.05, 3.63) is 66.0 Å². The molecule has 2 rings (SSSR count). The van der Waals surface area contributed by atoms with Gasteiger partial charge in [0.25, 0.3) is 0 Å². The van der Waals surface area contributed by atoms with Crippen LogP contribution in [0.1, 0.15) is 5.56 Å². The number of benzene rings is 2. The molecule has 0 radical (unpaired) electrons. The first-order valence-electron chi connectivity index (χ1n) is 5.88. The summed E-state index contributed by atoms with van der Waals surface area (Å²) in [5.74, 6) is -0.159.